The van der Waals surface area contributed by atoms with Crippen LogP contribution in [-0.4, -0.2) is 30.6 Å². The lowest BCUT2D eigenvalue weighted by Crippen LogP contribution is -2.33. The number of nitrogens with one attached hydrogen (secondary N) is 1. The Hall–Kier alpha value is -1.24. The van der Waals surface area contributed by atoms with Crippen LogP contribution in [0.25, 0.3) is 0 Å². The highest BCUT2D eigenvalue weighted by Crippen LogP contribution is 2.22. The molecule has 0 aromatic heterocycles. The first-order chi connectivity index (χ1) is 9.48. The molecular weight excluding hydrogens is 324 g/mol. The molecule has 0 atom stereocenters. The standard InChI is InChI=1S/C14H17BrN2O3/c1-10(11-4-3-5-12(15)8-11)16-17-13(18)9-14(2)19-6-7-20-14/h3-5,8H,6-7,9H2,1-2H3,(H,17,18)/b16-10-. The number of amides is 1. The summed E-state index contributed by atoms with van der Waals surface area (Å²) in [4.78, 5) is 11.8. The largest absolute Gasteiger partial charge is 0.347 e. The third-order valence-corrected chi connectivity index (χ3v) is 3.46. The smallest absolute Gasteiger partial charge is 0.245 e. The summed E-state index contributed by atoms with van der Waals surface area (Å²) < 4.78 is 11.7. The molecule has 0 aliphatic carbocycles. The van der Waals surface area contributed by atoms with Gasteiger partial charge in [-0.25, -0.2) is 5.43 Å². The van der Waals surface area contributed by atoms with E-state index >= 15 is 0 Å². The molecule has 1 N–H and O–H groups in total. The van der Waals surface area contributed by atoms with Gasteiger partial charge in [0, 0.05) is 4.47 Å². The van der Waals surface area contributed by atoms with E-state index in [0.717, 1.165) is 15.7 Å². The molecule has 1 aromatic carbocycles. The van der Waals surface area contributed by atoms with Gasteiger partial charge in [0.15, 0.2) is 5.79 Å². The summed E-state index contributed by atoms with van der Waals surface area (Å²) in [5, 5.41) is 4.09. The number of hydrazone groups is 1. The molecule has 5 nitrogen and oxygen atoms in total. The minimum atomic E-state index is -0.830. The van der Waals surface area contributed by atoms with Gasteiger partial charge in [0.2, 0.25) is 5.91 Å². The Morgan fingerprint density at radius 2 is 2.15 bits per heavy atom. The third-order valence-electron chi connectivity index (χ3n) is 2.97. The maximum absolute atomic E-state index is 11.8. The summed E-state index contributed by atoms with van der Waals surface area (Å²) in [6, 6.07) is 7.72. The lowest BCUT2D eigenvalue weighted by Gasteiger charge is -2.20. The van der Waals surface area contributed by atoms with Crippen molar-refractivity contribution in [2.24, 2.45) is 5.10 Å². The molecule has 0 unspecified atom stereocenters. The fourth-order valence-electron chi connectivity index (χ4n) is 1.91. The molecule has 0 bridgehead atoms. The van der Waals surface area contributed by atoms with E-state index in [1.165, 1.54) is 0 Å². The molecule has 1 heterocycles. The monoisotopic (exact) mass is 340 g/mol. The van der Waals surface area contributed by atoms with Gasteiger partial charge in [0.05, 0.1) is 25.3 Å². The molecule has 1 aliphatic heterocycles. The van der Waals surface area contributed by atoms with E-state index in [1.54, 1.807) is 6.92 Å². The van der Waals surface area contributed by atoms with Crippen LogP contribution in [0, 0.1) is 0 Å². The minimum Gasteiger partial charge on any atom is -0.347 e. The highest BCUT2D eigenvalue weighted by molar-refractivity contribution is 9.10. The number of ether oxygens (including phenoxy) is 2. The number of hydrogen-bond acceptors (Lipinski definition) is 4. The summed E-state index contributed by atoms with van der Waals surface area (Å²) in [7, 11) is 0. The molecule has 0 saturated carbocycles. The molecule has 1 saturated heterocycles. The maximum Gasteiger partial charge on any atom is 0.245 e. The van der Waals surface area contributed by atoms with Crippen molar-refractivity contribution < 1.29 is 14.3 Å². The molecule has 6 heteroatoms. The lowest BCUT2D eigenvalue weighted by molar-refractivity contribution is -0.159. The summed E-state index contributed by atoms with van der Waals surface area (Å²) in [5.74, 6) is -1.06. The minimum absolute atomic E-state index is 0.127. The van der Waals surface area contributed by atoms with E-state index in [1.807, 2.05) is 31.2 Å². The van der Waals surface area contributed by atoms with Gasteiger partial charge in [-0.3, -0.25) is 4.79 Å². The van der Waals surface area contributed by atoms with Crippen molar-refractivity contribution >= 4 is 27.5 Å². The van der Waals surface area contributed by atoms with Gasteiger partial charge in [0.25, 0.3) is 0 Å². The zero-order valence-electron chi connectivity index (χ0n) is 11.5. The Morgan fingerprint density at radius 1 is 1.45 bits per heavy atom. The van der Waals surface area contributed by atoms with E-state index in [9.17, 15) is 4.79 Å². The summed E-state index contributed by atoms with van der Waals surface area (Å²) in [6.45, 7) is 4.63. The second-order valence-corrected chi connectivity index (χ2v) is 5.67. The highest BCUT2D eigenvalue weighted by atomic mass is 79.9. The van der Waals surface area contributed by atoms with Crippen molar-refractivity contribution in [3.05, 3.63) is 34.3 Å². The van der Waals surface area contributed by atoms with Crippen LogP contribution in [0.3, 0.4) is 0 Å². The van der Waals surface area contributed by atoms with Crippen LogP contribution in [0.2, 0.25) is 0 Å². The number of rotatable bonds is 4. The molecule has 1 amide bonds. The van der Waals surface area contributed by atoms with Crippen LogP contribution in [0.15, 0.2) is 33.8 Å². The topological polar surface area (TPSA) is 59.9 Å². The third kappa shape index (κ3) is 4.13. The molecule has 1 fully saturated rings. The average Bonchev–Trinajstić information content (AvgIpc) is 2.82. The predicted octanol–water partition coefficient (Wildman–Crippen LogP) is 2.44. The number of nitrogens with zero attached hydrogens (tertiary/aromatic N) is 1. The maximum atomic E-state index is 11.8. The fraction of sp³-hybridized carbons (Fsp3) is 0.429. The normalized spacial score (nSPS) is 18.1. The number of carbonyl (C=O) groups is 1. The van der Waals surface area contributed by atoms with E-state index in [2.05, 4.69) is 26.5 Å². The first-order valence-electron chi connectivity index (χ1n) is 6.35. The summed E-state index contributed by atoms with van der Waals surface area (Å²) in [5.41, 5.74) is 4.20. The number of benzene rings is 1. The van der Waals surface area contributed by atoms with Crippen LogP contribution in [0.4, 0.5) is 0 Å². The van der Waals surface area contributed by atoms with Crippen molar-refractivity contribution in [1.82, 2.24) is 5.43 Å². The zero-order chi connectivity index (χ0) is 14.6. The highest BCUT2D eigenvalue weighted by Gasteiger charge is 2.33. The van der Waals surface area contributed by atoms with Gasteiger partial charge < -0.3 is 9.47 Å². The number of halogens is 1. The van der Waals surface area contributed by atoms with Crippen molar-refractivity contribution in [1.29, 1.82) is 0 Å². The number of carbonyl (C=O) groups excluding carboxylic acids is 1. The van der Waals surface area contributed by atoms with E-state index in [-0.39, 0.29) is 12.3 Å². The molecule has 1 aromatic rings. The van der Waals surface area contributed by atoms with Crippen molar-refractivity contribution in [3.63, 3.8) is 0 Å². The van der Waals surface area contributed by atoms with Crippen LogP contribution < -0.4 is 5.43 Å². The molecular formula is C14H17BrN2O3. The van der Waals surface area contributed by atoms with Gasteiger partial charge in [-0.15, -0.1) is 0 Å². The van der Waals surface area contributed by atoms with Gasteiger partial charge in [-0.1, -0.05) is 28.1 Å². The SMILES string of the molecule is C/C(=N/NC(=O)CC1(C)OCCO1)c1cccc(Br)c1. The van der Waals surface area contributed by atoms with Crippen LogP contribution >= 0.6 is 15.9 Å². The van der Waals surface area contributed by atoms with Crippen LogP contribution in [0.1, 0.15) is 25.8 Å². The lowest BCUT2D eigenvalue weighted by atomic mass is 10.1. The Kier molecular flexibility index (Phi) is 4.91. The van der Waals surface area contributed by atoms with Gasteiger partial charge in [0.1, 0.15) is 0 Å². The van der Waals surface area contributed by atoms with Crippen molar-refractivity contribution in [2.75, 3.05) is 13.2 Å². The Balaban J connectivity index is 1.93. The molecule has 1 aliphatic rings. The quantitative estimate of drug-likeness (QED) is 0.676. The molecule has 0 radical (unpaired) electrons. The Bertz CT molecular complexity index is 525. The fourth-order valence-corrected chi connectivity index (χ4v) is 2.31. The molecule has 0 spiro atoms. The number of hydrogen-bond donors (Lipinski definition) is 1. The van der Waals surface area contributed by atoms with Crippen LogP contribution in [0.5, 0.6) is 0 Å². The average molecular weight is 341 g/mol. The molecule has 2 rings (SSSR count). The first kappa shape index (κ1) is 15.2. The Morgan fingerprint density at radius 3 is 2.80 bits per heavy atom. The molecule has 20 heavy (non-hydrogen) atoms. The van der Waals surface area contributed by atoms with E-state index < -0.39 is 5.79 Å². The van der Waals surface area contributed by atoms with Gasteiger partial charge in [-0.05, 0) is 31.5 Å². The second kappa shape index (κ2) is 6.47. The van der Waals surface area contributed by atoms with Gasteiger partial charge >= 0.3 is 0 Å². The first-order valence-corrected chi connectivity index (χ1v) is 7.15. The van der Waals surface area contributed by atoms with Crippen molar-refractivity contribution in [2.45, 2.75) is 26.1 Å². The van der Waals surface area contributed by atoms with Crippen LogP contribution in [-0.2, 0) is 14.3 Å². The van der Waals surface area contributed by atoms with E-state index in [0.29, 0.717) is 13.2 Å². The zero-order valence-corrected chi connectivity index (χ0v) is 13.1. The summed E-state index contributed by atoms with van der Waals surface area (Å²) in [6.07, 6.45) is 0.127. The summed E-state index contributed by atoms with van der Waals surface area (Å²) >= 11 is 3.40. The predicted molar refractivity (Wildman–Crippen MR) is 79.4 cm³/mol. The van der Waals surface area contributed by atoms with E-state index in [4.69, 9.17) is 9.47 Å². The Labute approximate surface area is 126 Å². The van der Waals surface area contributed by atoms with Crippen molar-refractivity contribution in [3.8, 4) is 0 Å². The second-order valence-electron chi connectivity index (χ2n) is 4.75. The van der Waals surface area contributed by atoms with Gasteiger partial charge in [-0.2, -0.15) is 5.10 Å². The molecule has 108 valence electrons.